The zero-order valence-electron chi connectivity index (χ0n) is 34.5. The third-order valence-electron chi connectivity index (χ3n) is 10.9. The summed E-state index contributed by atoms with van der Waals surface area (Å²) in [5.41, 5.74) is -0.984. The number of anilines is 1. The highest BCUT2D eigenvalue weighted by Crippen LogP contribution is 2.49. The normalized spacial score (nSPS) is 29.7. The molecule has 2 fully saturated rings. The number of methoxy groups -OCH3 is 2. The fourth-order valence-corrected chi connectivity index (χ4v) is 8.19. The molecule has 4 rings (SSSR count). The Balaban J connectivity index is 1.64. The van der Waals surface area contributed by atoms with E-state index < -0.39 is 65.7 Å². The van der Waals surface area contributed by atoms with Crippen LogP contribution in [0.3, 0.4) is 0 Å². The van der Waals surface area contributed by atoms with Crippen LogP contribution in [0.2, 0.25) is 5.02 Å². The number of halogens is 1. The first kappa shape index (κ1) is 45.9. The topological polar surface area (TPSA) is 177 Å². The Morgan fingerprint density at radius 3 is 2.44 bits per heavy atom. The quantitative estimate of drug-likeness (QED) is 0.186. The predicted molar refractivity (Wildman–Crippen MR) is 216 cm³/mol. The zero-order chi connectivity index (χ0) is 42.4. The van der Waals surface area contributed by atoms with Crippen LogP contribution in [0.1, 0.15) is 58.9 Å². The van der Waals surface area contributed by atoms with Gasteiger partial charge in [0.25, 0.3) is 0 Å². The molecule has 0 unspecified atom stereocenters. The van der Waals surface area contributed by atoms with Crippen LogP contribution in [-0.2, 0) is 44.5 Å². The highest BCUT2D eigenvalue weighted by molar-refractivity contribution is 7.99. The Kier molecular flexibility index (Phi) is 15.5. The molecule has 0 spiro atoms. The molecule has 0 saturated carbocycles. The number of aliphatic hydroxyl groups is 1. The standard InChI is InChI=1S/C40H57ClN4O11S/c1-23-12-11-13-30(53-10)40(51)22-29(54-38(50)42-40)24(2)36-39(4,56-36)31(21-34(48)45(8)27-19-26(18-23)20-28(52-9)35(27)41)55-37(49)25(3)44(7)33(47)15-17-57-16-14-32(46)43(5)6/h11-13,19-20,24-25,29-31,36,51H,14-18,21-22H2,1-10H3,(H,42,50)/b13-11+,23-12+/t24-,25+,29+,30-,31+,36+,39+,40+/m1/s1. The number of likely N-dealkylation sites (N-methyl/N-ethyl adjacent to an activating group) is 1. The largest absolute Gasteiger partial charge is 0.495 e. The van der Waals surface area contributed by atoms with Gasteiger partial charge in [-0.1, -0.05) is 42.3 Å². The Labute approximate surface area is 344 Å². The Morgan fingerprint density at radius 1 is 1.14 bits per heavy atom. The highest BCUT2D eigenvalue weighted by atomic mass is 35.5. The summed E-state index contributed by atoms with van der Waals surface area (Å²) in [7, 11) is 9.37. The van der Waals surface area contributed by atoms with E-state index in [0.717, 1.165) is 11.1 Å². The molecule has 1 aromatic carbocycles. The van der Waals surface area contributed by atoms with Gasteiger partial charge in [0, 0.05) is 72.0 Å². The molecule has 316 valence electrons. The Bertz CT molecular complexity index is 1740. The van der Waals surface area contributed by atoms with Gasteiger partial charge >= 0.3 is 12.1 Å². The SMILES string of the molecule is COc1cc2cc(c1Cl)N(C)C(=O)C[C@H](OC(=O)[C@H](C)N(C)C(=O)CCSCCC(=O)N(C)C)[C@]1(C)O[C@H]1[C@H](C)[C@@H]1C[C@@](O)(NC(=O)O1)[C@H](OC)/C=C/C=C(\C)C2. The lowest BCUT2D eigenvalue weighted by molar-refractivity contribution is -0.162. The second-order valence-electron chi connectivity index (χ2n) is 15.3. The molecule has 15 nitrogen and oxygen atoms in total. The highest BCUT2D eigenvalue weighted by Gasteiger charge is 2.64. The van der Waals surface area contributed by atoms with Crippen LogP contribution >= 0.6 is 23.4 Å². The summed E-state index contributed by atoms with van der Waals surface area (Å²) in [6, 6.07) is 2.55. The monoisotopic (exact) mass is 836 g/mol. The lowest BCUT2D eigenvalue weighted by atomic mass is 9.83. The van der Waals surface area contributed by atoms with Gasteiger partial charge in [-0.15, -0.1) is 0 Å². The fraction of sp³-hybridized carbons (Fsp3) is 0.625. The van der Waals surface area contributed by atoms with Gasteiger partial charge in [0.15, 0.2) is 5.72 Å². The van der Waals surface area contributed by atoms with Crippen LogP contribution in [0.4, 0.5) is 10.5 Å². The molecule has 3 heterocycles. The second kappa shape index (κ2) is 19.3. The van der Waals surface area contributed by atoms with Gasteiger partial charge in [-0.2, -0.15) is 11.8 Å². The smallest absolute Gasteiger partial charge is 0.409 e. The molecule has 8 atom stereocenters. The van der Waals surface area contributed by atoms with Crippen molar-refractivity contribution in [2.45, 2.75) is 102 Å². The van der Waals surface area contributed by atoms with Crippen LogP contribution in [0.25, 0.3) is 0 Å². The second-order valence-corrected chi connectivity index (χ2v) is 16.9. The van der Waals surface area contributed by atoms with Crippen molar-refractivity contribution in [3.8, 4) is 5.75 Å². The molecule has 17 heteroatoms. The zero-order valence-corrected chi connectivity index (χ0v) is 36.0. The summed E-state index contributed by atoms with van der Waals surface area (Å²) in [5, 5.41) is 14.5. The van der Waals surface area contributed by atoms with E-state index >= 15 is 0 Å². The maximum absolute atomic E-state index is 14.2. The lowest BCUT2D eigenvalue weighted by Gasteiger charge is -2.42. The van der Waals surface area contributed by atoms with E-state index in [1.807, 2.05) is 13.0 Å². The number of carbonyl (C=O) groups is 5. The van der Waals surface area contributed by atoms with Gasteiger partial charge in [0.2, 0.25) is 17.7 Å². The molecule has 4 amide bonds. The van der Waals surface area contributed by atoms with E-state index in [4.69, 9.17) is 35.3 Å². The number of nitrogens with zero attached hydrogens (tertiary/aromatic N) is 3. The number of amides is 4. The van der Waals surface area contributed by atoms with Gasteiger partial charge in [0.1, 0.15) is 40.7 Å². The van der Waals surface area contributed by atoms with Crippen LogP contribution in [-0.4, -0.2) is 140 Å². The molecule has 3 aliphatic rings. The number of ether oxygens (including phenoxy) is 5. The number of hydrogen-bond acceptors (Lipinski definition) is 12. The molecule has 2 saturated heterocycles. The first-order chi connectivity index (χ1) is 26.8. The van der Waals surface area contributed by atoms with Crippen molar-refractivity contribution in [2.75, 3.05) is 58.8 Å². The maximum atomic E-state index is 14.2. The third-order valence-corrected chi connectivity index (χ3v) is 12.3. The first-order valence-corrected chi connectivity index (χ1v) is 20.4. The minimum atomic E-state index is -1.84. The number of fused-ring (bicyclic) bond motifs is 5. The Morgan fingerprint density at radius 2 is 1.81 bits per heavy atom. The van der Waals surface area contributed by atoms with E-state index in [-0.39, 0.29) is 36.1 Å². The molecule has 2 N–H and O–H groups in total. The van der Waals surface area contributed by atoms with Crippen LogP contribution in [0.15, 0.2) is 35.9 Å². The van der Waals surface area contributed by atoms with E-state index in [2.05, 4.69) is 5.32 Å². The van der Waals surface area contributed by atoms with Gasteiger partial charge < -0.3 is 43.5 Å². The number of hydrogen-bond donors (Lipinski definition) is 2. The minimum Gasteiger partial charge on any atom is -0.495 e. The van der Waals surface area contributed by atoms with Crippen LogP contribution in [0, 0.1) is 5.92 Å². The number of alkyl carbamates (subject to hydrolysis) is 1. The van der Waals surface area contributed by atoms with Crippen molar-refractivity contribution >= 4 is 58.8 Å². The van der Waals surface area contributed by atoms with E-state index in [0.29, 0.717) is 35.8 Å². The van der Waals surface area contributed by atoms with Crippen molar-refractivity contribution in [3.05, 3.63) is 46.5 Å². The minimum absolute atomic E-state index is 0.00114. The summed E-state index contributed by atoms with van der Waals surface area (Å²) in [5.74, 6) is -0.651. The summed E-state index contributed by atoms with van der Waals surface area (Å²) in [6.45, 7) is 6.96. The van der Waals surface area contributed by atoms with Gasteiger partial charge in [0.05, 0.1) is 25.3 Å². The molecule has 57 heavy (non-hydrogen) atoms. The fourth-order valence-electron chi connectivity index (χ4n) is 7.04. The van der Waals surface area contributed by atoms with Gasteiger partial charge in [-0.05, 0) is 44.9 Å². The number of esters is 1. The Hall–Kier alpha value is -3.83. The molecular formula is C40H57ClN4O11S. The number of rotatable bonds is 11. The van der Waals surface area contributed by atoms with Crippen molar-refractivity contribution in [2.24, 2.45) is 5.92 Å². The van der Waals surface area contributed by atoms with E-state index in [1.54, 1.807) is 66.2 Å². The number of benzene rings is 1. The molecule has 4 bridgehead atoms. The summed E-state index contributed by atoms with van der Waals surface area (Å²) in [4.78, 5) is 70.1. The number of epoxide rings is 1. The van der Waals surface area contributed by atoms with Crippen molar-refractivity contribution in [1.29, 1.82) is 0 Å². The van der Waals surface area contributed by atoms with Crippen LogP contribution in [0.5, 0.6) is 5.75 Å². The number of allylic oxidation sites excluding steroid dienone is 3. The average molecular weight is 837 g/mol. The lowest BCUT2D eigenvalue weighted by Crippen LogP contribution is -2.63. The van der Waals surface area contributed by atoms with E-state index in [1.165, 1.54) is 47.7 Å². The first-order valence-electron chi connectivity index (χ1n) is 18.9. The molecule has 1 aromatic rings. The van der Waals surface area contributed by atoms with Crippen molar-refractivity contribution in [3.63, 3.8) is 0 Å². The predicted octanol–water partition coefficient (Wildman–Crippen LogP) is 4.12. The third kappa shape index (κ3) is 11.0. The summed E-state index contributed by atoms with van der Waals surface area (Å²) < 4.78 is 29.3. The molecule has 0 radical (unpaired) electrons. The number of carbonyl (C=O) groups excluding carboxylic acids is 5. The van der Waals surface area contributed by atoms with Gasteiger partial charge in [-0.25, -0.2) is 9.59 Å². The molecule has 0 aliphatic carbocycles. The van der Waals surface area contributed by atoms with Crippen molar-refractivity contribution in [1.82, 2.24) is 15.1 Å². The van der Waals surface area contributed by atoms with Gasteiger partial charge in [-0.3, -0.25) is 19.7 Å². The number of nitrogens with one attached hydrogen (secondary N) is 1. The molecular weight excluding hydrogens is 780 g/mol. The average Bonchev–Trinajstić information content (AvgIpc) is 3.86. The summed E-state index contributed by atoms with van der Waals surface area (Å²) in [6.07, 6.45) is 1.29. The van der Waals surface area contributed by atoms with E-state index in [9.17, 15) is 29.1 Å². The maximum Gasteiger partial charge on any atom is 0.409 e. The van der Waals surface area contributed by atoms with Crippen LogP contribution < -0.4 is 15.0 Å². The van der Waals surface area contributed by atoms with Crippen molar-refractivity contribution < 1.29 is 52.8 Å². The number of thioether (sulfide) groups is 1. The summed E-state index contributed by atoms with van der Waals surface area (Å²) >= 11 is 8.24. The molecule has 3 aliphatic heterocycles. The molecule has 0 aromatic heterocycles.